The zero-order valence-corrected chi connectivity index (χ0v) is 8.50. The summed E-state index contributed by atoms with van der Waals surface area (Å²) < 4.78 is 23.7. The Labute approximate surface area is 87.4 Å². The summed E-state index contributed by atoms with van der Waals surface area (Å²) in [7, 11) is 0. The Morgan fingerprint density at radius 1 is 1.53 bits per heavy atom. The van der Waals surface area contributed by atoms with Crippen LogP contribution in [0.1, 0.15) is 24.0 Å². The van der Waals surface area contributed by atoms with Crippen LogP contribution < -0.4 is 4.74 Å². The van der Waals surface area contributed by atoms with E-state index in [1.807, 2.05) is 6.92 Å². The Hall–Kier alpha value is -1.13. The van der Waals surface area contributed by atoms with Crippen molar-refractivity contribution >= 4 is 0 Å². The molecule has 1 aromatic rings. The second-order valence-corrected chi connectivity index (χ2v) is 3.68. The van der Waals surface area contributed by atoms with Gasteiger partial charge in [0.2, 0.25) is 0 Å². The molecule has 0 saturated heterocycles. The molecule has 1 aliphatic heterocycles. The first-order valence-corrected chi connectivity index (χ1v) is 4.86. The van der Waals surface area contributed by atoms with Crippen LogP contribution in [0.25, 0.3) is 0 Å². The monoisotopic (exact) mass is 212 g/mol. The summed E-state index contributed by atoms with van der Waals surface area (Å²) in [4.78, 5) is 0. The molecule has 0 spiro atoms. The normalized spacial score (nSPS) is 16.7. The van der Waals surface area contributed by atoms with Crippen molar-refractivity contribution in [1.82, 2.24) is 0 Å². The lowest BCUT2D eigenvalue weighted by Crippen LogP contribution is -2.15. The van der Waals surface area contributed by atoms with E-state index in [0.29, 0.717) is 23.5 Å². The van der Waals surface area contributed by atoms with Gasteiger partial charge in [0, 0.05) is 23.7 Å². The number of halogens is 1. The summed E-state index contributed by atoms with van der Waals surface area (Å²) in [6.45, 7) is 2.34. The third-order valence-corrected chi connectivity index (χ3v) is 2.51. The Morgan fingerprint density at radius 3 is 3.07 bits per heavy atom. The summed E-state index contributed by atoms with van der Waals surface area (Å²) in [5.41, 5.74) is 1.41. The highest BCUT2D eigenvalue weighted by Gasteiger charge is 2.19. The maximum Gasteiger partial charge on any atom is 0.189 e. The molecule has 15 heavy (non-hydrogen) atoms. The van der Waals surface area contributed by atoms with Crippen molar-refractivity contribution < 1.29 is 19.0 Å². The van der Waals surface area contributed by atoms with Gasteiger partial charge in [-0.2, -0.15) is 0 Å². The lowest BCUT2D eigenvalue weighted by atomic mass is 9.98. The lowest BCUT2D eigenvalue weighted by Gasteiger charge is -2.22. The fourth-order valence-corrected chi connectivity index (χ4v) is 1.67. The molecule has 0 unspecified atom stereocenters. The molecule has 4 heteroatoms. The van der Waals surface area contributed by atoms with Gasteiger partial charge in [-0.1, -0.05) is 6.92 Å². The van der Waals surface area contributed by atoms with Gasteiger partial charge in [-0.3, -0.25) is 0 Å². The summed E-state index contributed by atoms with van der Waals surface area (Å²) >= 11 is 0. The predicted octanol–water partition coefficient (Wildman–Crippen LogP) is 1.79. The number of fused-ring (bicyclic) bond motifs is 1. The van der Waals surface area contributed by atoms with E-state index in [-0.39, 0.29) is 25.1 Å². The Kier molecular flexibility index (Phi) is 2.88. The van der Waals surface area contributed by atoms with Crippen molar-refractivity contribution in [3.8, 4) is 5.75 Å². The van der Waals surface area contributed by atoms with E-state index >= 15 is 0 Å². The van der Waals surface area contributed by atoms with E-state index in [2.05, 4.69) is 0 Å². The second kappa shape index (κ2) is 4.16. The number of aliphatic hydroxyl groups is 1. The molecule has 0 aromatic heterocycles. The van der Waals surface area contributed by atoms with Crippen molar-refractivity contribution in [2.75, 3.05) is 13.4 Å². The molecule has 1 atom stereocenters. The summed E-state index contributed by atoms with van der Waals surface area (Å²) in [6.07, 6.45) is 0. The van der Waals surface area contributed by atoms with Crippen molar-refractivity contribution in [3.63, 3.8) is 0 Å². The minimum absolute atomic E-state index is 0.0277. The van der Waals surface area contributed by atoms with E-state index in [4.69, 9.17) is 14.6 Å². The molecule has 1 heterocycles. The summed E-state index contributed by atoms with van der Waals surface area (Å²) in [5, 5.41) is 9.07. The molecule has 0 amide bonds. The first-order valence-electron chi connectivity index (χ1n) is 4.86. The van der Waals surface area contributed by atoms with Gasteiger partial charge in [0.15, 0.2) is 6.79 Å². The van der Waals surface area contributed by atoms with Crippen LogP contribution in [0.2, 0.25) is 0 Å². The van der Waals surface area contributed by atoms with Gasteiger partial charge in [0.25, 0.3) is 0 Å². The van der Waals surface area contributed by atoms with Gasteiger partial charge in [-0.15, -0.1) is 0 Å². The number of ether oxygens (including phenoxy) is 2. The predicted molar refractivity (Wildman–Crippen MR) is 52.2 cm³/mol. The Balaban J connectivity index is 2.47. The Bertz CT molecular complexity index is 365. The molecule has 3 nitrogen and oxygen atoms in total. The maximum absolute atomic E-state index is 13.3. The summed E-state index contributed by atoms with van der Waals surface area (Å²) in [6, 6.07) is 2.81. The first kappa shape index (κ1) is 10.4. The van der Waals surface area contributed by atoms with Crippen LogP contribution in [-0.2, 0) is 11.3 Å². The van der Waals surface area contributed by atoms with Crippen LogP contribution in [0.5, 0.6) is 5.75 Å². The van der Waals surface area contributed by atoms with E-state index in [9.17, 15) is 4.39 Å². The van der Waals surface area contributed by atoms with Gasteiger partial charge in [-0.05, 0) is 12.1 Å². The molecule has 1 aliphatic rings. The number of hydrogen-bond donors (Lipinski definition) is 1. The molecule has 0 bridgehead atoms. The molecule has 2 rings (SSSR count). The number of aliphatic hydroxyl groups excluding tert-OH is 1. The fraction of sp³-hybridized carbons (Fsp3) is 0.455. The van der Waals surface area contributed by atoms with Crippen molar-refractivity contribution in [2.45, 2.75) is 19.4 Å². The molecule has 0 aliphatic carbocycles. The van der Waals surface area contributed by atoms with Gasteiger partial charge < -0.3 is 14.6 Å². The van der Waals surface area contributed by atoms with Crippen LogP contribution in [0.4, 0.5) is 4.39 Å². The van der Waals surface area contributed by atoms with Crippen molar-refractivity contribution in [2.24, 2.45) is 0 Å². The quantitative estimate of drug-likeness (QED) is 0.812. The third kappa shape index (κ3) is 1.96. The highest BCUT2D eigenvalue weighted by Crippen LogP contribution is 2.33. The van der Waals surface area contributed by atoms with Gasteiger partial charge >= 0.3 is 0 Å². The van der Waals surface area contributed by atoms with Crippen molar-refractivity contribution in [1.29, 1.82) is 0 Å². The molecular formula is C11H13FO3. The highest BCUT2D eigenvalue weighted by molar-refractivity contribution is 5.44. The van der Waals surface area contributed by atoms with Crippen LogP contribution in [0, 0.1) is 5.82 Å². The molecule has 1 aromatic carbocycles. The minimum atomic E-state index is -0.321. The average Bonchev–Trinajstić information content (AvgIpc) is 2.26. The van der Waals surface area contributed by atoms with Crippen LogP contribution in [0.15, 0.2) is 12.1 Å². The zero-order valence-electron chi connectivity index (χ0n) is 8.50. The number of rotatable bonds is 2. The average molecular weight is 212 g/mol. The van der Waals surface area contributed by atoms with E-state index in [1.165, 1.54) is 12.1 Å². The van der Waals surface area contributed by atoms with E-state index < -0.39 is 0 Å². The first-order chi connectivity index (χ1) is 7.22. The molecule has 1 N–H and O–H groups in total. The van der Waals surface area contributed by atoms with Gasteiger partial charge in [0.1, 0.15) is 11.6 Å². The van der Waals surface area contributed by atoms with Gasteiger partial charge in [-0.25, -0.2) is 4.39 Å². The van der Waals surface area contributed by atoms with Crippen molar-refractivity contribution in [3.05, 3.63) is 29.1 Å². The van der Waals surface area contributed by atoms with Gasteiger partial charge in [0.05, 0.1) is 6.61 Å². The topological polar surface area (TPSA) is 38.7 Å². The minimum Gasteiger partial charge on any atom is -0.467 e. The SMILES string of the molecule is C[C@@H](CO)c1cc(F)cc2c1OCOC2. The molecule has 0 saturated carbocycles. The van der Waals surface area contributed by atoms with E-state index in [1.54, 1.807) is 0 Å². The zero-order chi connectivity index (χ0) is 10.8. The smallest absolute Gasteiger partial charge is 0.189 e. The van der Waals surface area contributed by atoms with Crippen LogP contribution >= 0.6 is 0 Å². The van der Waals surface area contributed by atoms with E-state index in [0.717, 1.165) is 0 Å². The molecule has 0 radical (unpaired) electrons. The molecule has 0 fully saturated rings. The third-order valence-electron chi connectivity index (χ3n) is 2.51. The molecular weight excluding hydrogens is 199 g/mol. The standard InChI is InChI=1S/C11H13FO3/c1-7(4-13)10-3-9(12)2-8-5-14-6-15-11(8)10/h2-3,7,13H,4-6H2,1H3/t7-/m0/s1. The van der Waals surface area contributed by atoms with Crippen LogP contribution in [-0.4, -0.2) is 18.5 Å². The number of hydrogen-bond acceptors (Lipinski definition) is 3. The second-order valence-electron chi connectivity index (χ2n) is 3.68. The largest absolute Gasteiger partial charge is 0.467 e. The lowest BCUT2D eigenvalue weighted by molar-refractivity contribution is -0.0176. The molecule has 82 valence electrons. The number of benzene rings is 1. The highest BCUT2D eigenvalue weighted by atomic mass is 19.1. The Morgan fingerprint density at radius 2 is 2.33 bits per heavy atom. The maximum atomic E-state index is 13.3. The van der Waals surface area contributed by atoms with Crippen LogP contribution in [0.3, 0.4) is 0 Å². The summed E-state index contributed by atoms with van der Waals surface area (Å²) in [5.74, 6) is 0.204. The fourth-order valence-electron chi connectivity index (χ4n) is 1.67.